The van der Waals surface area contributed by atoms with Crippen LogP contribution in [0.1, 0.15) is 5.01 Å². The molecule has 0 bridgehead atoms. The number of rotatable bonds is 1. The van der Waals surface area contributed by atoms with Gasteiger partial charge in [0, 0.05) is 6.07 Å². The molecule has 1 aromatic carbocycles. The van der Waals surface area contributed by atoms with Crippen molar-refractivity contribution < 1.29 is 8.78 Å². The molecule has 0 amide bonds. The number of nitrogens with zero attached hydrogens (tertiary/aromatic N) is 1. The molecule has 5 heteroatoms. The zero-order chi connectivity index (χ0) is 9.42. The van der Waals surface area contributed by atoms with E-state index >= 15 is 0 Å². The van der Waals surface area contributed by atoms with Gasteiger partial charge in [-0.2, -0.15) is 0 Å². The van der Waals surface area contributed by atoms with Gasteiger partial charge in [0.1, 0.15) is 5.01 Å². The second-order valence-corrected chi connectivity index (χ2v) is 4.15. The molecular weight excluding hydrogens is 260 g/mol. The van der Waals surface area contributed by atoms with Crippen molar-refractivity contribution in [1.29, 1.82) is 0 Å². The zero-order valence-electron chi connectivity index (χ0n) is 6.35. The third-order valence-electron chi connectivity index (χ3n) is 1.59. The first-order valence-corrected chi connectivity index (χ1v) is 5.45. The van der Waals surface area contributed by atoms with Crippen LogP contribution in [-0.2, 0) is 5.33 Å². The van der Waals surface area contributed by atoms with E-state index in [0.717, 1.165) is 11.1 Å². The number of aromatic nitrogens is 1. The third kappa shape index (κ3) is 1.58. The van der Waals surface area contributed by atoms with Crippen LogP contribution in [0.3, 0.4) is 0 Å². The first-order chi connectivity index (χ1) is 6.20. The maximum atomic E-state index is 12.8. The fourth-order valence-electron chi connectivity index (χ4n) is 1.03. The quantitative estimate of drug-likeness (QED) is 0.718. The number of halogens is 3. The molecular formula is C8H4BrF2NS. The number of alkyl halides is 1. The Bertz CT molecular complexity index is 416. The van der Waals surface area contributed by atoms with Crippen LogP contribution in [0.5, 0.6) is 0 Å². The second kappa shape index (κ2) is 3.31. The van der Waals surface area contributed by atoms with Crippen LogP contribution in [0.2, 0.25) is 0 Å². The molecule has 0 N–H and O–H groups in total. The molecule has 0 spiro atoms. The maximum Gasteiger partial charge on any atom is 0.161 e. The molecule has 68 valence electrons. The zero-order valence-corrected chi connectivity index (χ0v) is 8.75. The Morgan fingerprint density at radius 3 is 2.69 bits per heavy atom. The van der Waals surface area contributed by atoms with Crippen LogP contribution in [-0.4, -0.2) is 4.98 Å². The van der Waals surface area contributed by atoms with E-state index in [-0.39, 0.29) is 0 Å². The van der Waals surface area contributed by atoms with Gasteiger partial charge in [-0.15, -0.1) is 11.3 Å². The van der Waals surface area contributed by atoms with Crippen molar-refractivity contribution in [3.63, 3.8) is 0 Å². The molecule has 0 saturated carbocycles. The fourth-order valence-corrected chi connectivity index (χ4v) is 2.32. The highest BCUT2D eigenvalue weighted by atomic mass is 79.9. The van der Waals surface area contributed by atoms with Gasteiger partial charge in [0.25, 0.3) is 0 Å². The smallest absolute Gasteiger partial charge is 0.161 e. The Labute approximate surface area is 85.5 Å². The normalized spacial score (nSPS) is 11.0. The summed E-state index contributed by atoms with van der Waals surface area (Å²) in [4.78, 5) is 4.10. The largest absolute Gasteiger partial charge is 0.240 e. The fraction of sp³-hybridized carbons (Fsp3) is 0.125. The Morgan fingerprint density at radius 1 is 1.31 bits per heavy atom. The molecule has 0 fully saturated rings. The van der Waals surface area contributed by atoms with Gasteiger partial charge in [-0.3, -0.25) is 0 Å². The van der Waals surface area contributed by atoms with Crippen molar-refractivity contribution in [3.8, 4) is 0 Å². The molecule has 1 aromatic heterocycles. The minimum atomic E-state index is -0.848. The van der Waals surface area contributed by atoms with Crippen LogP contribution in [0.15, 0.2) is 12.1 Å². The Balaban J connectivity index is 2.70. The van der Waals surface area contributed by atoms with Crippen molar-refractivity contribution in [1.82, 2.24) is 4.98 Å². The SMILES string of the molecule is Fc1cc2nc(CBr)sc2cc1F. The monoisotopic (exact) mass is 263 g/mol. The van der Waals surface area contributed by atoms with Gasteiger partial charge >= 0.3 is 0 Å². The van der Waals surface area contributed by atoms with Crippen molar-refractivity contribution in [2.45, 2.75) is 5.33 Å². The molecule has 13 heavy (non-hydrogen) atoms. The van der Waals surface area contributed by atoms with Crippen molar-refractivity contribution in [3.05, 3.63) is 28.8 Å². The van der Waals surface area contributed by atoms with Crippen LogP contribution in [0.4, 0.5) is 8.78 Å². The van der Waals surface area contributed by atoms with Gasteiger partial charge in [0.05, 0.1) is 15.5 Å². The first kappa shape index (κ1) is 9.02. The summed E-state index contributed by atoms with van der Waals surface area (Å²) in [5, 5.41) is 1.43. The Morgan fingerprint density at radius 2 is 2.00 bits per heavy atom. The summed E-state index contributed by atoms with van der Waals surface area (Å²) in [6.45, 7) is 0. The molecule has 2 aromatic rings. The molecule has 0 radical (unpaired) electrons. The number of benzene rings is 1. The summed E-state index contributed by atoms with van der Waals surface area (Å²) in [7, 11) is 0. The summed E-state index contributed by atoms with van der Waals surface area (Å²) < 4.78 is 26.2. The molecule has 0 aliphatic heterocycles. The molecule has 0 saturated heterocycles. The minimum Gasteiger partial charge on any atom is -0.240 e. The topological polar surface area (TPSA) is 12.9 Å². The van der Waals surface area contributed by atoms with E-state index in [9.17, 15) is 8.78 Å². The van der Waals surface area contributed by atoms with E-state index < -0.39 is 11.6 Å². The van der Waals surface area contributed by atoms with Crippen molar-refractivity contribution >= 4 is 37.5 Å². The summed E-state index contributed by atoms with van der Waals surface area (Å²) in [5.41, 5.74) is 0.512. The Kier molecular flexibility index (Phi) is 2.29. The summed E-state index contributed by atoms with van der Waals surface area (Å²) in [5.74, 6) is -1.67. The highest BCUT2D eigenvalue weighted by Crippen LogP contribution is 2.25. The number of hydrogen-bond acceptors (Lipinski definition) is 2. The summed E-state index contributed by atoms with van der Waals surface area (Å²) in [6.07, 6.45) is 0. The Hall–Kier alpha value is -0.550. The van der Waals surface area contributed by atoms with Crippen molar-refractivity contribution in [2.75, 3.05) is 0 Å². The predicted octanol–water partition coefficient (Wildman–Crippen LogP) is 3.47. The lowest BCUT2D eigenvalue weighted by atomic mass is 10.3. The number of fused-ring (bicyclic) bond motifs is 1. The van der Waals surface area contributed by atoms with Crippen LogP contribution in [0, 0.1) is 11.6 Å². The lowest BCUT2D eigenvalue weighted by Gasteiger charge is -1.90. The van der Waals surface area contributed by atoms with E-state index in [4.69, 9.17) is 0 Å². The minimum absolute atomic E-state index is 0.512. The molecule has 0 unspecified atom stereocenters. The lowest BCUT2D eigenvalue weighted by molar-refractivity contribution is 0.511. The summed E-state index contributed by atoms with van der Waals surface area (Å²) >= 11 is 4.59. The van der Waals surface area contributed by atoms with Gasteiger partial charge in [-0.1, -0.05) is 15.9 Å². The lowest BCUT2D eigenvalue weighted by Crippen LogP contribution is -1.81. The van der Waals surface area contributed by atoms with E-state index in [1.54, 1.807) is 0 Å². The standard InChI is InChI=1S/C8H4BrF2NS/c9-3-8-12-6-1-4(10)5(11)2-7(6)13-8/h1-2H,3H2. The maximum absolute atomic E-state index is 12.8. The highest BCUT2D eigenvalue weighted by Gasteiger charge is 2.08. The van der Waals surface area contributed by atoms with Crippen LogP contribution >= 0.6 is 27.3 Å². The van der Waals surface area contributed by atoms with E-state index in [1.807, 2.05) is 0 Å². The predicted molar refractivity (Wildman–Crippen MR) is 52.2 cm³/mol. The van der Waals surface area contributed by atoms with Gasteiger partial charge < -0.3 is 0 Å². The summed E-state index contributed by atoms with van der Waals surface area (Å²) in [6, 6.07) is 2.29. The average molecular weight is 264 g/mol. The van der Waals surface area contributed by atoms with Gasteiger partial charge in [-0.25, -0.2) is 13.8 Å². The second-order valence-electron chi connectivity index (χ2n) is 2.48. The molecule has 1 heterocycles. The first-order valence-electron chi connectivity index (χ1n) is 3.51. The van der Waals surface area contributed by atoms with E-state index in [1.165, 1.54) is 17.4 Å². The number of hydrogen-bond donors (Lipinski definition) is 0. The molecule has 0 aliphatic carbocycles. The molecule has 1 nitrogen and oxygen atoms in total. The molecule has 0 atom stereocenters. The van der Waals surface area contributed by atoms with Gasteiger partial charge in [-0.05, 0) is 6.07 Å². The molecule has 0 aliphatic rings. The van der Waals surface area contributed by atoms with E-state index in [0.29, 0.717) is 15.5 Å². The number of thiazole rings is 1. The third-order valence-corrected chi connectivity index (χ3v) is 3.51. The van der Waals surface area contributed by atoms with Crippen molar-refractivity contribution in [2.24, 2.45) is 0 Å². The van der Waals surface area contributed by atoms with E-state index in [2.05, 4.69) is 20.9 Å². The average Bonchev–Trinajstić information content (AvgIpc) is 2.48. The molecule has 2 rings (SSSR count). The van der Waals surface area contributed by atoms with Gasteiger partial charge in [0.15, 0.2) is 11.6 Å². The van der Waals surface area contributed by atoms with Crippen LogP contribution in [0.25, 0.3) is 10.2 Å². The highest BCUT2D eigenvalue weighted by molar-refractivity contribution is 9.08. The van der Waals surface area contributed by atoms with Crippen LogP contribution < -0.4 is 0 Å². The van der Waals surface area contributed by atoms with Gasteiger partial charge in [0.2, 0.25) is 0 Å².